The summed E-state index contributed by atoms with van der Waals surface area (Å²) in [6.07, 6.45) is 8.32. The van der Waals surface area contributed by atoms with Gasteiger partial charge in [0.05, 0.1) is 11.1 Å². The summed E-state index contributed by atoms with van der Waals surface area (Å²) in [6.45, 7) is 7.65. The first-order chi connectivity index (χ1) is 20.4. The Hall–Kier alpha value is -4.12. The van der Waals surface area contributed by atoms with E-state index in [4.69, 9.17) is 9.84 Å². The normalized spacial score (nSPS) is 16.3. The lowest BCUT2D eigenvalue weighted by molar-refractivity contribution is 0.0523. The van der Waals surface area contributed by atoms with Crippen LogP contribution in [0, 0.1) is 0 Å². The number of ether oxygens (including phenoxy) is 1. The Morgan fingerprint density at radius 1 is 0.977 bits per heavy atom. The number of anilines is 2. The maximum absolute atomic E-state index is 13.7. The summed E-state index contributed by atoms with van der Waals surface area (Å²) < 4.78 is 8.89. The third-order valence-electron chi connectivity index (χ3n) is 8.40. The van der Waals surface area contributed by atoms with Crippen molar-refractivity contribution in [2.24, 2.45) is 14.1 Å². The van der Waals surface area contributed by atoms with E-state index in [1.54, 1.807) is 9.36 Å². The molecule has 2 N–H and O–H groups in total. The lowest BCUT2D eigenvalue weighted by Gasteiger charge is -2.38. The molecule has 0 radical (unpaired) electrons. The molecule has 6 rings (SSSR count). The predicted octanol–water partition coefficient (Wildman–Crippen LogP) is 4.80. The van der Waals surface area contributed by atoms with Crippen LogP contribution in [0.3, 0.4) is 0 Å². The van der Waals surface area contributed by atoms with Crippen LogP contribution >= 0.6 is 0 Å². The monoisotopic (exact) mass is 586 g/mol. The number of nitrogens with one attached hydrogen (secondary N) is 2. The number of benzene rings is 2. The van der Waals surface area contributed by atoms with Crippen molar-refractivity contribution in [2.75, 3.05) is 30.4 Å². The largest absolute Gasteiger partial charge is 0.444 e. The summed E-state index contributed by atoms with van der Waals surface area (Å²) >= 11 is 0. The average Bonchev–Trinajstić information content (AvgIpc) is 3.61. The van der Waals surface area contributed by atoms with E-state index in [9.17, 15) is 9.59 Å². The number of carbonyl (C=O) groups is 2. The summed E-state index contributed by atoms with van der Waals surface area (Å²) in [6, 6.07) is 9.09. The summed E-state index contributed by atoms with van der Waals surface area (Å²) in [4.78, 5) is 31.0. The van der Waals surface area contributed by atoms with Crippen molar-refractivity contribution < 1.29 is 14.3 Å². The molecule has 0 atom stereocenters. The first-order valence-corrected chi connectivity index (χ1v) is 15.1. The topological polar surface area (TPSA) is 110 Å². The number of rotatable bonds is 7. The maximum Gasteiger partial charge on any atom is 0.407 e. The molecule has 0 unspecified atom stereocenters. The van der Waals surface area contributed by atoms with Crippen LogP contribution in [-0.4, -0.2) is 74.3 Å². The van der Waals surface area contributed by atoms with Crippen LogP contribution in [0.2, 0.25) is 0 Å². The van der Waals surface area contributed by atoms with Crippen LogP contribution < -0.4 is 15.5 Å². The van der Waals surface area contributed by atoms with Gasteiger partial charge >= 0.3 is 6.09 Å². The van der Waals surface area contributed by atoms with Crippen LogP contribution in [0.5, 0.6) is 0 Å². The summed E-state index contributed by atoms with van der Waals surface area (Å²) in [5.74, 6) is -0.241. The van der Waals surface area contributed by atoms with Crippen LogP contribution in [0.15, 0.2) is 36.7 Å². The Morgan fingerprint density at radius 3 is 2.35 bits per heavy atom. The van der Waals surface area contributed by atoms with E-state index in [1.807, 2.05) is 65.5 Å². The molecule has 1 aliphatic heterocycles. The van der Waals surface area contributed by atoms with Crippen molar-refractivity contribution in [3.63, 3.8) is 0 Å². The van der Waals surface area contributed by atoms with Crippen molar-refractivity contribution in [1.82, 2.24) is 29.8 Å². The molecule has 2 aromatic carbocycles. The number of piperidine rings is 1. The van der Waals surface area contributed by atoms with Crippen LogP contribution in [-0.2, 0) is 25.4 Å². The van der Waals surface area contributed by atoms with Crippen LogP contribution in [0.1, 0.15) is 62.4 Å². The van der Waals surface area contributed by atoms with Gasteiger partial charge in [0.15, 0.2) is 0 Å². The molecule has 0 bridgehead atoms. The Balaban J connectivity index is 1.22. The Morgan fingerprint density at radius 2 is 1.65 bits per heavy atom. The highest BCUT2D eigenvalue weighted by molar-refractivity contribution is 6.14. The molecule has 2 amide bonds. The molecule has 2 aromatic heterocycles. The molecular weight excluding hydrogens is 544 g/mol. The second-order valence-corrected chi connectivity index (χ2v) is 13.0. The van der Waals surface area contributed by atoms with Gasteiger partial charge in [0.25, 0.3) is 5.91 Å². The lowest BCUT2D eigenvalue weighted by atomic mass is 10.0. The van der Waals surface area contributed by atoms with Gasteiger partial charge in [-0.2, -0.15) is 10.2 Å². The third-order valence-corrected chi connectivity index (χ3v) is 8.40. The summed E-state index contributed by atoms with van der Waals surface area (Å²) in [7, 11) is 6.01. The first-order valence-electron chi connectivity index (χ1n) is 15.1. The number of aryl methyl sites for hydroxylation is 2. The Labute approximate surface area is 252 Å². The number of hydrogen-bond acceptors (Lipinski definition) is 7. The number of amides is 2. The minimum atomic E-state index is -0.601. The molecule has 0 spiro atoms. The number of hydrogen-bond donors (Lipinski definition) is 2. The molecular formula is C32H42N8O3. The zero-order chi connectivity index (χ0) is 30.5. The number of alkyl carbamates (subject to hydrolysis) is 1. The number of carbonyl (C=O) groups excluding carboxylic acids is 2. The summed E-state index contributed by atoms with van der Waals surface area (Å²) in [5, 5.41) is 17.0. The smallest absolute Gasteiger partial charge is 0.407 e. The van der Waals surface area contributed by atoms with Gasteiger partial charge in [0.1, 0.15) is 11.1 Å². The fraction of sp³-hybridized carbons (Fsp3) is 0.500. The second kappa shape index (κ2) is 11.2. The van der Waals surface area contributed by atoms with Gasteiger partial charge in [0, 0.05) is 85.9 Å². The highest BCUT2D eigenvalue weighted by Gasteiger charge is 2.33. The van der Waals surface area contributed by atoms with E-state index < -0.39 is 11.7 Å². The van der Waals surface area contributed by atoms with Gasteiger partial charge in [0.2, 0.25) is 0 Å². The van der Waals surface area contributed by atoms with Crippen molar-refractivity contribution in [2.45, 2.75) is 70.7 Å². The molecule has 4 aromatic rings. The van der Waals surface area contributed by atoms with Gasteiger partial charge in [-0.25, -0.2) is 4.79 Å². The third kappa shape index (κ3) is 6.31. The molecule has 2 fully saturated rings. The molecule has 11 nitrogen and oxygen atoms in total. The van der Waals surface area contributed by atoms with E-state index >= 15 is 0 Å². The SMILES string of the molecule is CN(C1CC1)C1CCN(c2ccc(C(=O)Nc3cc(CNC(=O)OC(C)(C)C)c4nn(C)cc4c3)c3nn(C)cc23)CC1. The van der Waals surface area contributed by atoms with Gasteiger partial charge in [-0.15, -0.1) is 0 Å². The minimum Gasteiger partial charge on any atom is -0.444 e. The quantitative estimate of drug-likeness (QED) is 0.320. The molecule has 228 valence electrons. The lowest BCUT2D eigenvalue weighted by Crippen LogP contribution is -2.44. The predicted molar refractivity (Wildman–Crippen MR) is 168 cm³/mol. The number of aromatic nitrogens is 4. The zero-order valence-electron chi connectivity index (χ0n) is 26.0. The average molecular weight is 587 g/mol. The zero-order valence-corrected chi connectivity index (χ0v) is 26.0. The van der Waals surface area contributed by atoms with E-state index in [-0.39, 0.29) is 12.5 Å². The highest BCUT2D eigenvalue weighted by Crippen LogP contribution is 2.34. The van der Waals surface area contributed by atoms with Gasteiger partial charge < -0.3 is 25.2 Å². The molecule has 1 saturated carbocycles. The molecule has 3 heterocycles. The number of fused-ring (bicyclic) bond motifs is 2. The van der Waals surface area contributed by atoms with Gasteiger partial charge in [-0.1, -0.05) is 0 Å². The molecule has 1 aliphatic carbocycles. The molecule has 43 heavy (non-hydrogen) atoms. The molecule has 1 saturated heterocycles. The molecule has 2 aliphatic rings. The Bertz CT molecular complexity index is 1670. The van der Waals surface area contributed by atoms with Crippen LogP contribution in [0.4, 0.5) is 16.2 Å². The van der Waals surface area contributed by atoms with E-state index in [2.05, 4.69) is 38.6 Å². The van der Waals surface area contributed by atoms with Crippen molar-refractivity contribution >= 4 is 45.2 Å². The second-order valence-electron chi connectivity index (χ2n) is 13.0. The fourth-order valence-electron chi connectivity index (χ4n) is 6.17. The van der Waals surface area contributed by atoms with E-state index in [0.29, 0.717) is 22.8 Å². The number of nitrogens with zero attached hydrogens (tertiary/aromatic N) is 6. The van der Waals surface area contributed by atoms with E-state index in [0.717, 1.165) is 59.5 Å². The standard InChI is InChI=1S/C32H42N8O3/c1-32(2,3)43-31(42)33-17-20-15-22(16-21-18-37(4)35-28(20)21)34-30(41)25-9-10-27(26-19-38(5)36-29(25)26)40-13-11-24(12-14-40)39(6)23-7-8-23/h9-10,15-16,18-19,23-24H,7-8,11-14,17H2,1-6H3,(H,33,42)(H,34,41). The maximum atomic E-state index is 13.7. The van der Waals surface area contributed by atoms with Gasteiger partial charge in [-0.3, -0.25) is 14.2 Å². The van der Waals surface area contributed by atoms with Crippen LogP contribution in [0.25, 0.3) is 21.8 Å². The van der Waals surface area contributed by atoms with Crippen molar-refractivity contribution in [3.05, 3.63) is 47.8 Å². The van der Waals surface area contributed by atoms with Gasteiger partial charge in [-0.05, 0) is 77.8 Å². The minimum absolute atomic E-state index is 0.207. The fourth-order valence-corrected chi connectivity index (χ4v) is 6.17. The highest BCUT2D eigenvalue weighted by atomic mass is 16.6. The van der Waals surface area contributed by atoms with E-state index in [1.165, 1.54) is 12.8 Å². The van der Waals surface area contributed by atoms with Crippen molar-refractivity contribution in [1.29, 1.82) is 0 Å². The Kier molecular flexibility index (Phi) is 7.53. The molecule has 11 heteroatoms. The van der Waals surface area contributed by atoms with Crippen molar-refractivity contribution in [3.8, 4) is 0 Å². The summed E-state index contributed by atoms with van der Waals surface area (Å²) in [5.41, 5.74) is 3.86. The first kappa shape index (κ1) is 29.0.